The summed E-state index contributed by atoms with van der Waals surface area (Å²) in [6.45, 7) is 4.42. The SMILES string of the molecule is CC12CC3CC(C1)CC(C(=O)N1CCOCC1CCl)(C3)C2. The summed E-state index contributed by atoms with van der Waals surface area (Å²) in [5.74, 6) is 2.47. The molecule has 21 heavy (non-hydrogen) atoms. The van der Waals surface area contributed by atoms with Gasteiger partial charge in [-0.25, -0.2) is 0 Å². The Morgan fingerprint density at radius 1 is 1.29 bits per heavy atom. The molecule has 4 bridgehead atoms. The minimum absolute atomic E-state index is 0.0690. The van der Waals surface area contributed by atoms with Crippen molar-refractivity contribution in [1.29, 1.82) is 0 Å². The number of nitrogens with zero attached hydrogens (tertiary/aromatic N) is 1. The first-order valence-electron chi connectivity index (χ1n) is 8.48. The summed E-state index contributed by atoms with van der Waals surface area (Å²) in [5.41, 5.74) is 0.350. The molecule has 0 aromatic carbocycles. The lowest BCUT2D eigenvalue weighted by Gasteiger charge is -2.61. The monoisotopic (exact) mass is 311 g/mol. The van der Waals surface area contributed by atoms with Crippen LogP contribution in [-0.2, 0) is 9.53 Å². The number of halogens is 1. The van der Waals surface area contributed by atoms with Gasteiger partial charge < -0.3 is 9.64 Å². The first-order valence-corrected chi connectivity index (χ1v) is 9.02. The smallest absolute Gasteiger partial charge is 0.229 e. The van der Waals surface area contributed by atoms with Gasteiger partial charge in [0, 0.05) is 12.4 Å². The molecule has 3 nitrogen and oxygen atoms in total. The van der Waals surface area contributed by atoms with E-state index in [1.807, 2.05) is 0 Å². The van der Waals surface area contributed by atoms with Crippen molar-refractivity contribution >= 4 is 17.5 Å². The number of alkyl halides is 1. The fourth-order valence-corrected chi connectivity index (χ4v) is 6.58. The van der Waals surface area contributed by atoms with Gasteiger partial charge in [-0.1, -0.05) is 6.92 Å². The van der Waals surface area contributed by atoms with Crippen LogP contribution in [0, 0.1) is 22.7 Å². The van der Waals surface area contributed by atoms with Gasteiger partial charge >= 0.3 is 0 Å². The second-order valence-corrected chi connectivity index (χ2v) is 8.74. The molecule has 1 heterocycles. The number of rotatable bonds is 2. The van der Waals surface area contributed by atoms with Crippen molar-refractivity contribution in [3.8, 4) is 0 Å². The Balaban J connectivity index is 1.61. The molecule has 4 saturated carbocycles. The standard InChI is InChI=1S/C17H26ClNO2/c1-16-5-12-4-13(6-16)8-17(7-12,11-16)15(20)19-2-3-21-10-14(19)9-18/h12-14H,2-11H2,1H3. The Bertz CT molecular complexity index is 438. The Morgan fingerprint density at radius 2 is 2.00 bits per heavy atom. The van der Waals surface area contributed by atoms with Crippen LogP contribution in [0.15, 0.2) is 0 Å². The molecule has 5 fully saturated rings. The summed E-state index contributed by atoms with van der Waals surface area (Å²) >= 11 is 6.08. The van der Waals surface area contributed by atoms with Crippen LogP contribution in [0.25, 0.3) is 0 Å². The van der Waals surface area contributed by atoms with Crippen LogP contribution in [0.5, 0.6) is 0 Å². The average Bonchev–Trinajstić information content (AvgIpc) is 2.44. The third kappa shape index (κ3) is 2.23. The zero-order chi connectivity index (χ0) is 14.7. The van der Waals surface area contributed by atoms with Crippen molar-refractivity contribution in [3.05, 3.63) is 0 Å². The van der Waals surface area contributed by atoms with Gasteiger partial charge in [0.15, 0.2) is 0 Å². The molecule has 4 heteroatoms. The lowest BCUT2D eigenvalue weighted by Crippen LogP contribution is -2.61. The van der Waals surface area contributed by atoms with E-state index in [1.165, 1.54) is 19.3 Å². The van der Waals surface area contributed by atoms with Crippen LogP contribution in [0.4, 0.5) is 0 Å². The molecule has 0 aromatic heterocycles. The molecule has 0 radical (unpaired) electrons. The van der Waals surface area contributed by atoms with Crippen molar-refractivity contribution in [3.63, 3.8) is 0 Å². The third-order valence-corrected chi connectivity index (χ3v) is 6.83. The highest BCUT2D eigenvalue weighted by Gasteiger charge is 2.60. The van der Waals surface area contributed by atoms with E-state index in [2.05, 4.69) is 11.8 Å². The molecule has 1 saturated heterocycles. The highest BCUT2D eigenvalue weighted by Crippen LogP contribution is 2.65. The van der Waals surface area contributed by atoms with Gasteiger partial charge in [0.25, 0.3) is 0 Å². The highest BCUT2D eigenvalue weighted by atomic mass is 35.5. The Kier molecular flexibility index (Phi) is 3.31. The normalized spacial score (nSPS) is 48.7. The predicted molar refractivity (Wildman–Crippen MR) is 82.3 cm³/mol. The van der Waals surface area contributed by atoms with Crippen LogP contribution in [-0.4, -0.2) is 42.5 Å². The van der Waals surface area contributed by atoms with E-state index in [9.17, 15) is 4.79 Å². The molecule has 118 valence electrons. The summed E-state index contributed by atoms with van der Waals surface area (Å²) in [6, 6.07) is 0.0775. The quantitative estimate of drug-likeness (QED) is 0.734. The number of carbonyl (C=O) groups is 1. The number of carbonyl (C=O) groups excluding carboxylic acids is 1. The summed E-state index contributed by atoms with van der Waals surface area (Å²) in [7, 11) is 0. The van der Waals surface area contributed by atoms with Crippen molar-refractivity contribution in [1.82, 2.24) is 4.90 Å². The van der Waals surface area contributed by atoms with E-state index in [1.54, 1.807) is 0 Å². The van der Waals surface area contributed by atoms with Crippen LogP contribution in [0.3, 0.4) is 0 Å². The number of hydrogen-bond donors (Lipinski definition) is 0. The molecule has 4 aliphatic carbocycles. The first-order chi connectivity index (χ1) is 10.0. The lowest BCUT2D eigenvalue weighted by atomic mass is 9.44. The average molecular weight is 312 g/mol. The van der Waals surface area contributed by atoms with Gasteiger partial charge in [0.1, 0.15) is 0 Å². The minimum Gasteiger partial charge on any atom is -0.377 e. The van der Waals surface area contributed by atoms with E-state index in [4.69, 9.17) is 16.3 Å². The van der Waals surface area contributed by atoms with Gasteiger partial charge in [-0.3, -0.25) is 4.79 Å². The van der Waals surface area contributed by atoms with Crippen molar-refractivity contribution in [2.75, 3.05) is 25.6 Å². The number of amides is 1. The van der Waals surface area contributed by atoms with Gasteiger partial charge in [-0.2, -0.15) is 0 Å². The molecular weight excluding hydrogens is 286 g/mol. The molecular formula is C17H26ClNO2. The number of ether oxygens (including phenoxy) is 1. The third-order valence-electron chi connectivity index (χ3n) is 6.47. The van der Waals surface area contributed by atoms with Crippen molar-refractivity contribution in [2.45, 2.75) is 51.5 Å². The Morgan fingerprint density at radius 3 is 2.62 bits per heavy atom. The number of morpholine rings is 1. The summed E-state index contributed by atoms with van der Waals surface area (Å²) in [5, 5.41) is 0. The Hall–Kier alpha value is -0.280. The summed E-state index contributed by atoms with van der Waals surface area (Å²) in [4.78, 5) is 15.4. The van der Waals surface area contributed by atoms with Crippen molar-refractivity contribution in [2.24, 2.45) is 22.7 Å². The summed E-state index contributed by atoms with van der Waals surface area (Å²) in [6.07, 6.45) is 7.43. The number of hydrogen-bond acceptors (Lipinski definition) is 2. The largest absolute Gasteiger partial charge is 0.377 e. The molecule has 0 spiro atoms. The molecule has 5 aliphatic rings. The van der Waals surface area contributed by atoms with Crippen LogP contribution in [0.1, 0.15) is 45.4 Å². The molecule has 3 atom stereocenters. The fraction of sp³-hybridized carbons (Fsp3) is 0.941. The predicted octanol–water partition coefficient (Wildman–Crippen LogP) is 3.06. The van der Waals surface area contributed by atoms with Gasteiger partial charge in [0.2, 0.25) is 5.91 Å². The van der Waals surface area contributed by atoms with Crippen LogP contribution < -0.4 is 0 Å². The van der Waals surface area contributed by atoms with E-state index in [0.29, 0.717) is 30.4 Å². The van der Waals surface area contributed by atoms with Crippen molar-refractivity contribution < 1.29 is 9.53 Å². The Labute approximate surface area is 132 Å². The molecule has 1 amide bonds. The second kappa shape index (κ2) is 4.86. The van der Waals surface area contributed by atoms with E-state index in [0.717, 1.165) is 37.6 Å². The maximum absolute atomic E-state index is 13.4. The van der Waals surface area contributed by atoms with E-state index >= 15 is 0 Å². The molecule has 0 N–H and O–H groups in total. The maximum atomic E-state index is 13.4. The van der Waals surface area contributed by atoms with E-state index in [-0.39, 0.29) is 11.5 Å². The minimum atomic E-state index is -0.0690. The topological polar surface area (TPSA) is 29.5 Å². The van der Waals surface area contributed by atoms with Crippen LogP contribution in [0.2, 0.25) is 0 Å². The molecule has 5 rings (SSSR count). The highest BCUT2D eigenvalue weighted by molar-refractivity contribution is 6.18. The van der Waals surface area contributed by atoms with Gasteiger partial charge in [-0.15, -0.1) is 11.6 Å². The second-order valence-electron chi connectivity index (χ2n) is 8.43. The van der Waals surface area contributed by atoms with Gasteiger partial charge in [-0.05, 0) is 55.8 Å². The zero-order valence-corrected chi connectivity index (χ0v) is 13.7. The molecule has 0 aromatic rings. The first kappa shape index (κ1) is 14.3. The van der Waals surface area contributed by atoms with Crippen LogP contribution >= 0.6 is 11.6 Å². The molecule has 1 aliphatic heterocycles. The van der Waals surface area contributed by atoms with E-state index < -0.39 is 0 Å². The fourth-order valence-electron chi connectivity index (χ4n) is 6.33. The summed E-state index contributed by atoms with van der Waals surface area (Å²) < 4.78 is 5.51. The molecule has 3 unspecified atom stereocenters. The maximum Gasteiger partial charge on any atom is 0.229 e. The zero-order valence-electron chi connectivity index (χ0n) is 12.9. The van der Waals surface area contributed by atoms with Gasteiger partial charge in [0.05, 0.1) is 24.7 Å². The lowest BCUT2D eigenvalue weighted by molar-refractivity contribution is -0.172.